The van der Waals surface area contributed by atoms with E-state index >= 15 is 0 Å². The number of amides is 2. The number of fused-ring (bicyclic) bond motifs is 4. The average Bonchev–Trinajstić information content (AvgIpc) is 4.10. The highest BCUT2D eigenvalue weighted by Crippen LogP contribution is 2.68. The van der Waals surface area contributed by atoms with Crippen molar-refractivity contribution in [2.45, 2.75) is 119 Å². The van der Waals surface area contributed by atoms with Crippen molar-refractivity contribution in [1.29, 1.82) is 0 Å². The lowest BCUT2D eigenvalue weighted by Crippen LogP contribution is -2.44. The van der Waals surface area contributed by atoms with Gasteiger partial charge in [0.2, 0.25) is 0 Å². The molecule has 0 aromatic rings. The van der Waals surface area contributed by atoms with Gasteiger partial charge in [0, 0.05) is 135 Å². The second-order valence-corrected chi connectivity index (χ2v) is 20.4. The first-order valence-corrected chi connectivity index (χ1v) is 25.1. The summed E-state index contributed by atoms with van der Waals surface area (Å²) in [6, 6.07) is 0. The molecule has 4 aliphatic carbocycles. The Morgan fingerprint density at radius 3 is 1.12 bits per heavy atom. The van der Waals surface area contributed by atoms with Gasteiger partial charge in [-0.1, -0.05) is 60.4 Å². The molecule has 6 atom stereocenters. The van der Waals surface area contributed by atoms with Crippen LogP contribution in [0.4, 0.5) is 0 Å². The van der Waals surface area contributed by atoms with E-state index in [0.717, 1.165) is 38.5 Å². The van der Waals surface area contributed by atoms with Crippen molar-refractivity contribution in [1.82, 2.24) is 9.80 Å². The number of hydrogen-bond acceptors (Lipinski definition) is 5. The van der Waals surface area contributed by atoms with Gasteiger partial charge in [0.15, 0.2) is 5.82 Å². The highest BCUT2D eigenvalue weighted by molar-refractivity contribution is 5.97. The standard InChI is InChI=1S/C71H56N2O5/c1-12-13-14-15-16-17-18-19-20-21-22-23-24-25-26-27-28-29-30-31-32-33-34-35-36-37-38-39-40-41-42-43-44-45-64(72(66(76)57(2)3)52-48-60(74)54-59-55-70(10)50-46-61(59)68(70,6)7)73(67(77)58(4)5)53-49-65(75)78-63-56-71(11)51-47-62(63)69(71,8)9/h59,61-63H,1-2,4,46-56H2,3,5-11H3. The van der Waals surface area contributed by atoms with Gasteiger partial charge in [-0.2, -0.15) is 0 Å². The van der Waals surface area contributed by atoms with Crippen molar-refractivity contribution in [2.24, 2.45) is 39.4 Å². The van der Waals surface area contributed by atoms with E-state index < -0.39 is 17.8 Å². The Morgan fingerprint density at radius 1 is 0.474 bits per heavy atom. The third-order valence-electron chi connectivity index (χ3n) is 15.2. The van der Waals surface area contributed by atoms with E-state index in [0.29, 0.717) is 12.3 Å². The molecule has 380 valence electrons. The largest absolute Gasteiger partial charge is 0.462 e. The molecule has 0 aliphatic heterocycles. The smallest absolute Gasteiger partial charge is 0.307 e. The second kappa shape index (κ2) is 29.6. The van der Waals surface area contributed by atoms with Crippen molar-refractivity contribution in [2.75, 3.05) is 13.1 Å². The number of esters is 1. The van der Waals surface area contributed by atoms with Gasteiger partial charge >= 0.3 is 5.97 Å². The summed E-state index contributed by atoms with van der Waals surface area (Å²) in [7, 11) is 0. The van der Waals surface area contributed by atoms with Crippen molar-refractivity contribution in [3.8, 4) is 0 Å². The molecule has 4 fully saturated rings. The molecule has 6 unspecified atom stereocenters. The summed E-state index contributed by atoms with van der Waals surface area (Å²) < 4.78 is 6.10. The van der Waals surface area contributed by atoms with Gasteiger partial charge in [0.1, 0.15) is 11.9 Å². The number of carbonyl (C=O) groups excluding carboxylic acids is 4. The maximum Gasteiger partial charge on any atom is 0.307 e. The fraction of sp³-hybridized carbons (Fsp3) is 0.380. The number of Topliss-reactive ketones (excluding diaryl/α,β-unsaturated/α-hetero) is 1. The van der Waals surface area contributed by atoms with Crippen molar-refractivity contribution in [3.05, 3.63) is 232 Å². The minimum Gasteiger partial charge on any atom is -0.462 e. The molecule has 78 heavy (non-hydrogen) atoms. The molecule has 7 nitrogen and oxygen atoms in total. The summed E-state index contributed by atoms with van der Waals surface area (Å²) in [5, 5.41) is 0. The zero-order chi connectivity index (χ0) is 57.0. The third kappa shape index (κ3) is 17.2. The fourth-order valence-electron chi connectivity index (χ4n) is 10.5. The number of ether oxygens (including phenoxy) is 1. The molecule has 7 heteroatoms. The zero-order valence-corrected chi connectivity index (χ0v) is 45.6. The molecule has 2 amide bonds. The van der Waals surface area contributed by atoms with Gasteiger partial charge < -0.3 is 4.74 Å². The van der Waals surface area contributed by atoms with Crippen molar-refractivity contribution < 1.29 is 23.9 Å². The summed E-state index contributed by atoms with van der Waals surface area (Å²) in [4.78, 5) is 57.9. The molecular formula is C71H56N2O5. The molecule has 0 aromatic carbocycles. The van der Waals surface area contributed by atoms with Crippen LogP contribution in [0.2, 0.25) is 0 Å². The normalized spacial score (nSPS) is 19.9. The average molecular weight is 1020 g/mol. The predicted molar refractivity (Wildman–Crippen MR) is 292 cm³/mol. The van der Waals surface area contributed by atoms with Crippen LogP contribution in [0.5, 0.6) is 0 Å². The Labute approximate surface area is 458 Å². The first-order chi connectivity index (χ1) is 37.3. The Kier molecular flexibility index (Phi) is 22.9. The quantitative estimate of drug-likeness (QED) is 0.104. The number of hydrogen-bond donors (Lipinski definition) is 0. The maximum absolute atomic E-state index is 14.0. The van der Waals surface area contributed by atoms with E-state index in [1.165, 1.54) is 16.7 Å². The minimum atomic E-state index is -0.563. The maximum atomic E-state index is 14.0. The van der Waals surface area contributed by atoms with Crippen LogP contribution in [-0.4, -0.2) is 52.6 Å². The molecule has 0 heterocycles. The summed E-state index contributed by atoms with van der Waals surface area (Å²) in [6.45, 7) is 27.6. The van der Waals surface area contributed by atoms with Crippen LogP contribution in [0.25, 0.3) is 0 Å². The number of carbonyl (C=O) groups is 4. The Balaban J connectivity index is 1.69. The molecule has 0 saturated heterocycles. The van der Waals surface area contributed by atoms with E-state index in [4.69, 9.17) is 4.74 Å². The highest BCUT2D eigenvalue weighted by atomic mass is 16.5. The summed E-state index contributed by atoms with van der Waals surface area (Å²) in [5.74, 6) is -0.667. The third-order valence-corrected chi connectivity index (χ3v) is 15.2. The van der Waals surface area contributed by atoms with Gasteiger partial charge in [-0.05, 0) is 190 Å². The highest BCUT2D eigenvalue weighted by Gasteiger charge is 2.62. The Bertz CT molecular complexity index is 3920. The second-order valence-electron chi connectivity index (χ2n) is 20.4. The lowest BCUT2D eigenvalue weighted by molar-refractivity contribution is -0.152. The van der Waals surface area contributed by atoms with Crippen LogP contribution in [-0.2, 0) is 23.9 Å². The van der Waals surface area contributed by atoms with E-state index in [1.807, 2.05) is 0 Å². The van der Waals surface area contributed by atoms with Gasteiger partial charge in [-0.25, -0.2) is 0 Å². The lowest BCUT2D eigenvalue weighted by Gasteiger charge is -2.34. The summed E-state index contributed by atoms with van der Waals surface area (Å²) >= 11 is 0. The predicted octanol–water partition coefficient (Wildman–Crippen LogP) is 12.5. The molecule has 4 saturated carbocycles. The number of nitrogens with zero attached hydrogens (tertiary/aromatic N) is 2. The van der Waals surface area contributed by atoms with Crippen molar-refractivity contribution >= 4 is 23.6 Å². The molecule has 4 rings (SSSR count). The topological polar surface area (TPSA) is 84.0 Å². The monoisotopic (exact) mass is 1020 g/mol. The van der Waals surface area contributed by atoms with Gasteiger partial charge in [-0.15, -0.1) is 0 Å². The number of rotatable bonds is 13. The molecule has 4 aliphatic rings. The molecule has 0 aromatic heterocycles. The zero-order valence-electron chi connectivity index (χ0n) is 45.6. The van der Waals surface area contributed by atoms with Crippen LogP contribution < -0.4 is 0 Å². The summed E-state index contributed by atoms with van der Waals surface area (Å²) in [6.07, 6.45) is 6.11. The molecule has 0 spiro atoms. The van der Waals surface area contributed by atoms with E-state index in [2.05, 4.69) is 256 Å². The SMILES string of the molecule is C=C=C=C=C=C=C=C=C=C=C=C=C=C=C=C=C=C=C=C=C=C=C=C=C=C=C=C=C=C=C=C=C=C=C=C(N(CCC(=O)CC1CC2(C)CCC1C2(C)C)C(=O)C(=C)C)N(CCC(=O)OC1CC2(C)CCC1C2(C)C)C(=O)C(=C)C. The van der Waals surface area contributed by atoms with Gasteiger partial charge in [0.25, 0.3) is 11.8 Å². The van der Waals surface area contributed by atoms with Crippen molar-refractivity contribution in [3.63, 3.8) is 0 Å². The summed E-state index contributed by atoms with van der Waals surface area (Å²) in [5.41, 5.74) is 86.9. The van der Waals surface area contributed by atoms with Gasteiger partial charge in [0.05, 0.1) is 6.42 Å². The van der Waals surface area contributed by atoms with Crippen LogP contribution in [0.15, 0.2) is 232 Å². The molecule has 0 N–H and O–H groups in total. The van der Waals surface area contributed by atoms with E-state index in [1.54, 1.807) is 6.92 Å². The first kappa shape index (κ1) is 60.4. The molecule has 0 radical (unpaired) electrons. The number of ketones is 1. The minimum absolute atomic E-state index is 0.0156. The first-order valence-electron chi connectivity index (χ1n) is 25.1. The van der Waals surface area contributed by atoms with E-state index in [9.17, 15) is 19.2 Å². The van der Waals surface area contributed by atoms with Gasteiger partial charge in [-0.3, -0.25) is 29.0 Å². The Hall–Kier alpha value is -10.2. The van der Waals surface area contributed by atoms with Crippen LogP contribution in [0, 0.1) is 39.4 Å². The van der Waals surface area contributed by atoms with Crippen LogP contribution in [0.3, 0.4) is 0 Å². The molecule has 4 bridgehead atoms. The fourth-order valence-corrected chi connectivity index (χ4v) is 10.5. The molecular weight excluding hydrogens is 961 g/mol. The van der Waals surface area contributed by atoms with Crippen LogP contribution >= 0.6 is 0 Å². The van der Waals surface area contributed by atoms with E-state index in [-0.39, 0.29) is 88.3 Å². The lowest BCUT2D eigenvalue weighted by atomic mass is 9.71. The van der Waals surface area contributed by atoms with Crippen LogP contribution in [0.1, 0.15) is 113 Å². The Morgan fingerprint density at radius 2 is 0.808 bits per heavy atom.